The molecule has 128 valence electrons. The average molecular weight is 324 g/mol. The van der Waals surface area contributed by atoms with Crippen LogP contribution in [-0.2, 0) is 6.42 Å². The lowest BCUT2D eigenvalue weighted by Gasteiger charge is -2.31. The van der Waals surface area contributed by atoms with Crippen LogP contribution in [0.2, 0.25) is 0 Å². The van der Waals surface area contributed by atoms with E-state index < -0.39 is 0 Å². The molecule has 0 spiro atoms. The van der Waals surface area contributed by atoms with Crippen molar-refractivity contribution in [3.05, 3.63) is 41.1 Å². The number of aromatic nitrogens is 2. The van der Waals surface area contributed by atoms with E-state index in [1.807, 2.05) is 0 Å². The molecule has 1 aromatic heterocycles. The zero-order valence-corrected chi connectivity index (χ0v) is 14.9. The van der Waals surface area contributed by atoms with Gasteiger partial charge in [0.2, 0.25) is 0 Å². The Bertz CT molecular complexity index is 718. The van der Waals surface area contributed by atoms with Crippen LogP contribution in [0.25, 0.3) is 5.69 Å². The van der Waals surface area contributed by atoms with E-state index in [-0.39, 0.29) is 0 Å². The van der Waals surface area contributed by atoms with Gasteiger partial charge in [0.1, 0.15) is 5.82 Å². The number of benzene rings is 1. The molecule has 0 aliphatic carbocycles. The number of rotatable bonds is 2. The number of anilines is 1. The molecule has 4 nitrogen and oxygen atoms in total. The summed E-state index contributed by atoms with van der Waals surface area (Å²) in [6, 6.07) is 9.14. The molecule has 0 bridgehead atoms. The molecule has 3 heterocycles. The fourth-order valence-electron chi connectivity index (χ4n) is 4.16. The highest BCUT2D eigenvalue weighted by Crippen LogP contribution is 2.36. The zero-order chi connectivity index (χ0) is 16.5. The highest BCUT2D eigenvalue weighted by Gasteiger charge is 2.29. The molecule has 1 saturated heterocycles. The molecule has 0 radical (unpaired) electrons. The third kappa shape index (κ3) is 2.84. The second-order valence-electron chi connectivity index (χ2n) is 7.34. The van der Waals surface area contributed by atoms with Gasteiger partial charge < -0.3 is 5.32 Å². The van der Waals surface area contributed by atoms with E-state index in [1.165, 1.54) is 67.0 Å². The van der Waals surface area contributed by atoms with Crippen molar-refractivity contribution in [1.29, 1.82) is 0 Å². The summed E-state index contributed by atoms with van der Waals surface area (Å²) in [4.78, 5) is 2.50. The van der Waals surface area contributed by atoms with Crippen LogP contribution < -0.4 is 5.32 Å². The third-order valence-electron chi connectivity index (χ3n) is 5.49. The van der Waals surface area contributed by atoms with Crippen molar-refractivity contribution < 1.29 is 0 Å². The van der Waals surface area contributed by atoms with Crippen LogP contribution in [-0.4, -0.2) is 34.8 Å². The van der Waals surface area contributed by atoms with Gasteiger partial charge in [-0.15, -0.1) is 0 Å². The van der Waals surface area contributed by atoms with Crippen molar-refractivity contribution in [1.82, 2.24) is 14.7 Å². The van der Waals surface area contributed by atoms with E-state index in [9.17, 15) is 0 Å². The van der Waals surface area contributed by atoms with Gasteiger partial charge in [-0.25, -0.2) is 4.68 Å². The second kappa shape index (κ2) is 6.60. The number of aryl methyl sites for hydroxylation is 1. The minimum atomic E-state index is 0.471. The number of likely N-dealkylation sites (tertiary alicyclic amines) is 1. The quantitative estimate of drug-likeness (QED) is 0.903. The van der Waals surface area contributed by atoms with E-state index in [2.05, 4.69) is 53.1 Å². The first-order chi connectivity index (χ1) is 11.7. The molecular weight excluding hydrogens is 296 g/mol. The molecule has 4 rings (SSSR count). The summed E-state index contributed by atoms with van der Waals surface area (Å²) in [6.45, 7) is 4.38. The molecule has 1 atom stereocenters. The van der Waals surface area contributed by atoms with Crippen LogP contribution in [0.5, 0.6) is 0 Å². The highest BCUT2D eigenvalue weighted by atomic mass is 15.4. The monoisotopic (exact) mass is 324 g/mol. The van der Waals surface area contributed by atoms with Crippen LogP contribution in [0.4, 0.5) is 5.82 Å². The highest BCUT2D eigenvalue weighted by molar-refractivity contribution is 5.55. The minimum Gasteiger partial charge on any atom is -0.370 e. The molecule has 24 heavy (non-hydrogen) atoms. The van der Waals surface area contributed by atoms with Crippen molar-refractivity contribution in [2.75, 3.05) is 25.5 Å². The van der Waals surface area contributed by atoms with Crippen LogP contribution >= 0.6 is 0 Å². The van der Waals surface area contributed by atoms with Gasteiger partial charge >= 0.3 is 0 Å². The Hall–Kier alpha value is -1.81. The van der Waals surface area contributed by atoms with Crippen molar-refractivity contribution in [3.8, 4) is 5.69 Å². The van der Waals surface area contributed by atoms with E-state index in [4.69, 9.17) is 5.10 Å². The molecule has 1 fully saturated rings. The van der Waals surface area contributed by atoms with Crippen LogP contribution in [0.3, 0.4) is 0 Å². The summed E-state index contributed by atoms with van der Waals surface area (Å²) < 4.78 is 2.16. The predicted octanol–water partition coefficient (Wildman–Crippen LogP) is 4.09. The smallest absolute Gasteiger partial charge is 0.133 e. The molecule has 0 saturated carbocycles. The zero-order valence-electron chi connectivity index (χ0n) is 14.9. The number of fused-ring (bicyclic) bond motifs is 1. The Labute approximate surface area is 144 Å². The van der Waals surface area contributed by atoms with E-state index >= 15 is 0 Å². The molecule has 2 aliphatic rings. The largest absolute Gasteiger partial charge is 0.370 e. The molecule has 2 aromatic rings. The van der Waals surface area contributed by atoms with Gasteiger partial charge in [0.15, 0.2) is 0 Å². The van der Waals surface area contributed by atoms with Crippen molar-refractivity contribution in [2.45, 2.75) is 51.5 Å². The second-order valence-corrected chi connectivity index (χ2v) is 7.34. The Balaban J connectivity index is 1.82. The number of nitrogens with one attached hydrogen (secondary N) is 1. The van der Waals surface area contributed by atoms with E-state index in [1.54, 1.807) is 0 Å². The molecule has 4 heteroatoms. The van der Waals surface area contributed by atoms with Gasteiger partial charge in [-0.2, -0.15) is 5.10 Å². The van der Waals surface area contributed by atoms with Gasteiger partial charge in [-0.05, 0) is 70.3 Å². The SMILES string of the molecule is Cc1cccc(-n2nc(C3CCCCN3C)c3c2NCCCC3)c1. The first kappa shape index (κ1) is 15.7. The van der Waals surface area contributed by atoms with Gasteiger partial charge in [-0.3, -0.25) is 4.90 Å². The summed E-state index contributed by atoms with van der Waals surface area (Å²) in [7, 11) is 2.26. The number of piperidine rings is 1. The van der Waals surface area contributed by atoms with Crippen LogP contribution in [0, 0.1) is 6.92 Å². The molecule has 0 amide bonds. The lowest BCUT2D eigenvalue weighted by atomic mass is 9.96. The molecule has 2 aliphatic heterocycles. The molecular formula is C20H28N4. The van der Waals surface area contributed by atoms with Gasteiger partial charge in [0.25, 0.3) is 0 Å². The maximum atomic E-state index is 5.13. The Morgan fingerprint density at radius 3 is 2.92 bits per heavy atom. The topological polar surface area (TPSA) is 33.1 Å². The maximum absolute atomic E-state index is 5.13. The Morgan fingerprint density at radius 1 is 1.17 bits per heavy atom. The lowest BCUT2D eigenvalue weighted by molar-refractivity contribution is 0.182. The average Bonchev–Trinajstić information content (AvgIpc) is 2.77. The van der Waals surface area contributed by atoms with Crippen molar-refractivity contribution in [3.63, 3.8) is 0 Å². The summed E-state index contributed by atoms with van der Waals surface area (Å²) in [5.74, 6) is 1.23. The molecule has 1 N–H and O–H groups in total. The first-order valence-corrected chi connectivity index (χ1v) is 9.37. The summed E-state index contributed by atoms with van der Waals surface area (Å²) in [6.07, 6.45) is 7.49. The van der Waals surface area contributed by atoms with Crippen LogP contribution in [0.1, 0.15) is 55.0 Å². The molecule has 1 aromatic carbocycles. The lowest BCUT2D eigenvalue weighted by Crippen LogP contribution is -2.30. The standard InChI is InChI=1S/C20H28N4/c1-15-8-7-9-16(14-15)24-20-17(10-3-5-12-21-20)19(22-24)18-11-4-6-13-23(18)2/h7-9,14,18,21H,3-6,10-13H2,1-2H3. The van der Waals surface area contributed by atoms with E-state index in [0.717, 1.165) is 13.0 Å². The van der Waals surface area contributed by atoms with Crippen molar-refractivity contribution >= 4 is 5.82 Å². The van der Waals surface area contributed by atoms with Gasteiger partial charge in [0.05, 0.1) is 17.4 Å². The number of nitrogens with zero attached hydrogens (tertiary/aromatic N) is 3. The first-order valence-electron chi connectivity index (χ1n) is 9.37. The maximum Gasteiger partial charge on any atom is 0.133 e. The van der Waals surface area contributed by atoms with Crippen molar-refractivity contribution in [2.24, 2.45) is 0 Å². The number of hydrogen-bond donors (Lipinski definition) is 1. The summed E-state index contributed by atoms with van der Waals surface area (Å²) >= 11 is 0. The Kier molecular flexibility index (Phi) is 4.31. The Morgan fingerprint density at radius 2 is 2.08 bits per heavy atom. The van der Waals surface area contributed by atoms with Gasteiger partial charge in [0, 0.05) is 12.1 Å². The summed E-state index contributed by atoms with van der Waals surface area (Å²) in [5, 5.41) is 8.80. The van der Waals surface area contributed by atoms with E-state index in [0.29, 0.717) is 6.04 Å². The molecule has 1 unspecified atom stereocenters. The fraction of sp³-hybridized carbons (Fsp3) is 0.550. The third-order valence-corrected chi connectivity index (χ3v) is 5.49. The summed E-state index contributed by atoms with van der Waals surface area (Å²) in [5.41, 5.74) is 5.21. The van der Waals surface area contributed by atoms with Gasteiger partial charge in [-0.1, -0.05) is 18.6 Å². The van der Waals surface area contributed by atoms with Crippen LogP contribution in [0.15, 0.2) is 24.3 Å². The normalized spacial score (nSPS) is 21.8. The predicted molar refractivity (Wildman–Crippen MR) is 99.0 cm³/mol. The minimum absolute atomic E-state index is 0.471. The fourth-order valence-corrected chi connectivity index (χ4v) is 4.16. The number of hydrogen-bond acceptors (Lipinski definition) is 3.